The van der Waals surface area contributed by atoms with Gasteiger partial charge in [-0.05, 0) is 73.5 Å². The molecule has 2 N–H and O–H groups in total. The molecule has 8 nitrogen and oxygen atoms in total. The van der Waals surface area contributed by atoms with Gasteiger partial charge in [-0.2, -0.15) is 5.10 Å². The van der Waals surface area contributed by atoms with Crippen molar-refractivity contribution in [3.05, 3.63) is 84.6 Å². The maximum Gasteiger partial charge on any atom is 0.160 e. The molecule has 0 radical (unpaired) electrons. The van der Waals surface area contributed by atoms with Crippen molar-refractivity contribution in [1.29, 1.82) is 0 Å². The van der Waals surface area contributed by atoms with E-state index in [1.54, 1.807) is 17.0 Å². The van der Waals surface area contributed by atoms with Crippen molar-refractivity contribution in [3.63, 3.8) is 0 Å². The molecule has 9 heteroatoms. The molecule has 0 unspecified atom stereocenters. The van der Waals surface area contributed by atoms with E-state index < -0.39 is 0 Å². The van der Waals surface area contributed by atoms with Gasteiger partial charge in [-0.15, -0.1) is 12.4 Å². The summed E-state index contributed by atoms with van der Waals surface area (Å²) in [4.78, 5) is 13.8. The molecule has 0 fully saturated rings. The quantitative estimate of drug-likeness (QED) is 0.348. The summed E-state index contributed by atoms with van der Waals surface area (Å²) in [5, 5.41) is 11.0. The highest BCUT2D eigenvalue weighted by Crippen LogP contribution is 2.30. The average molecular weight is 486 g/mol. The Morgan fingerprint density at radius 3 is 2.86 bits per heavy atom. The summed E-state index contributed by atoms with van der Waals surface area (Å²) in [7, 11) is 0. The van der Waals surface area contributed by atoms with Gasteiger partial charge in [-0.25, -0.2) is 19.5 Å². The minimum atomic E-state index is 0. The summed E-state index contributed by atoms with van der Waals surface area (Å²) in [5.41, 5.74) is 6.68. The fourth-order valence-corrected chi connectivity index (χ4v) is 4.14. The maximum absolute atomic E-state index is 6.13. The molecule has 0 atom stereocenters. The first kappa shape index (κ1) is 22.8. The van der Waals surface area contributed by atoms with Crippen LogP contribution in [0.5, 0.6) is 11.5 Å². The summed E-state index contributed by atoms with van der Waals surface area (Å²) < 4.78 is 7.93. The summed E-state index contributed by atoms with van der Waals surface area (Å²) in [6, 6.07) is 15.8. The smallest absolute Gasteiger partial charge is 0.160 e. The van der Waals surface area contributed by atoms with Crippen LogP contribution in [0.15, 0.2) is 73.3 Å². The Labute approximate surface area is 208 Å². The highest BCUT2D eigenvalue weighted by Gasteiger charge is 2.12. The number of anilines is 2. The molecule has 0 saturated heterocycles. The van der Waals surface area contributed by atoms with Gasteiger partial charge in [0, 0.05) is 30.7 Å². The summed E-state index contributed by atoms with van der Waals surface area (Å²) >= 11 is 0. The Bertz CT molecular complexity index is 1550. The first-order valence-corrected chi connectivity index (χ1v) is 11.2. The predicted molar refractivity (Wildman–Crippen MR) is 140 cm³/mol. The Morgan fingerprint density at radius 2 is 2.00 bits per heavy atom. The molecule has 5 heterocycles. The lowest BCUT2D eigenvalue weighted by atomic mass is 10.1. The summed E-state index contributed by atoms with van der Waals surface area (Å²) in [6.45, 7) is 3.86. The zero-order valence-corrected chi connectivity index (χ0v) is 19.9. The van der Waals surface area contributed by atoms with Gasteiger partial charge in [-0.1, -0.05) is 6.08 Å². The van der Waals surface area contributed by atoms with Crippen LogP contribution in [0.3, 0.4) is 0 Å². The number of aryl methyl sites for hydroxylation is 1. The van der Waals surface area contributed by atoms with Crippen molar-refractivity contribution in [1.82, 2.24) is 29.9 Å². The van der Waals surface area contributed by atoms with Crippen LogP contribution in [0.25, 0.3) is 22.1 Å². The topological polar surface area (TPSA) is 89.3 Å². The number of pyridine rings is 2. The number of halogens is 1. The van der Waals surface area contributed by atoms with E-state index in [1.807, 2.05) is 61.7 Å². The van der Waals surface area contributed by atoms with Gasteiger partial charge < -0.3 is 15.4 Å². The van der Waals surface area contributed by atoms with E-state index in [0.717, 1.165) is 64.5 Å². The second-order valence-electron chi connectivity index (χ2n) is 8.24. The zero-order valence-electron chi connectivity index (χ0n) is 19.1. The Balaban J connectivity index is 0.00000253. The van der Waals surface area contributed by atoms with Crippen LogP contribution < -0.4 is 15.4 Å². The molecular formula is C26H24ClN7O. The second kappa shape index (κ2) is 9.69. The number of rotatable bonds is 5. The third kappa shape index (κ3) is 4.66. The number of hydrogen-bond acceptors (Lipinski definition) is 7. The van der Waals surface area contributed by atoms with E-state index in [0.29, 0.717) is 5.82 Å². The Morgan fingerprint density at radius 1 is 1.06 bits per heavy atom. The van der Waals surface area contributed by atoms with E-state index in [-0.39, 0.29) is 12.4 Å². The SMILES string of the molecule is Cc1cc(Nc2ncnc3ccc(C4=CCNCC4)nc23)ccc1Oc1ccn2nccc2c1.Cl. The Hall–Kier alpha value is -4.01. The van der Waals surface area contributed by atoms with Crippen molar-refractivity contribution >= 4 is 46.0 Å². The van der Waals surface area contributed by atoms with E-state index in [9.17, 15) is 0 Å². The molecule has 0 aliphatic carbocycles. The Kier molecular flexibility index (Phi) is 6.31. The van der Waals surface area contributed by atoms with Crippen molar-refractivity contribution in [3.8, 4) is 11.5 Å². The molecule has 1 aliphatic rings. The third-order valence-corrected chi connectivity index (χ3v) is 5.91. The molecule has 1 aliphatic heterocycles. The molecule has 176 valence electrons. The van der Waals surface area contributed by atoms with Gasteiger partial charge in [0.1, 0.15) is 23.3 Å². The first-order chi connectivity index (χ1) is 16.7. The van der Waals surface area contributed by atoms with Crippen LogP contribution in [0.2, 0.25) is 0 Å². The number of fused-ring (bicyclic) bond motifs is 2. The molecular weight excluding hydrogens is 462 g/mol. The van der Waals surface area contributed by atoms with Crippen molar-refractivity contribution in [2.24, 2.45) is 0 Å². The number of benzene rings is 1. The van der Waals surface area contributed by atoms with Crippen LogP contribution in [0.4, 0.5) is 11.5 Å². The van der Waals surface area contributed by atoms with Crippen LogP contribution in [-0.4, -0.2) is 37.7 Å². The van der Waals surface area contributed by atoms with Gasteiger partial charge in [-0.3, -0.25) is 0 Å². The molecule has 4 aromatic heterocycles. The summed E-state index contributed by atoms with van der Waals surface area (Å²) in [5.74, 6) is 2.24. The first-order valence-electron chi connectivity index (χ1n) is 11.2. The number of nitrogens with zero attached hydrogens (tertiary/aromatic N) is 5. The lowest BCUT2D eigenvalue weighted by molar-refractivity contribution is 0.478. The molecule has 5 aromatic rings. The van der Waals surface area contributed by atoms with Crippen molar-refractivity contribution < 1.29 is 4.74 Å². The van der Waals surface area contributed by atoms with Gasteiger partial charge in [0.15, 0.2) is 5.82 Å². The van der Waals surface area contributed by atoms with E-state index >= 15 is 0 Å². The van der Waals surface area contributed by atoms with Gasteiger partial charge in [0.05, 0.1) is 16.7 Å². The molecule has 6 rings (SSSR count). The van der Waals surface area contributed by atoms with Crippen LogP contribution in [0, 0.1) is 6.92 Å². The minimum absolute atomic E-state index is 0. The molecule has 0 amide bonds. The average Bonchev–Trinajstić information content (AvgIpc) is 3.34. The van der Waals surface area contributed by atoms with Gasteiger partial charge in [0.25, 0.3) is 0 Å². The number of aromatic nitrogens is 5. The maximum atomic E-state index is 6.13. The predicted octanol–water partition coefficient (Wildman–Crippen LogP) is 5.32. The van der Waals surface area contributed by atoms with Crippen LogP contribution in [-0.2, 0) is 0 Å². The zero-order chi connectivity index (χ0) is 22.9. The number of nitrogens with one attached hydrogen (secondary N) is 2. The monoisotopic (exact) mass is 485 g/mol. The van der Waals surface area contributed by atoms with E-state index in [1.165, 1.54) is 5.57 Å². The van der Waals surface area contributed by atoms with Crippen LogP contribution in [0.1, 0.15) is 17.7 Å². The van der Waals surface area contributed by atoms with E-state index in [4.69, 9.17) is 9.72 Å². The number of hydrogen-bond donors (Lipinski definition) is 2. The van der Waals surface area contributed by atoms with Crippen molar-refractivity contribution in [2.75, 3.05) is 18.4 Å². The molecule has 35 heavy (non-hydrogen) atoms. The van der Waals surface area contributed by atoms with Crippen LogP contribution >= 0.6 is 12.4 Å². The van der Waals surface area contributed by atoms with Gasteiger partial charge in [0.2, 0.25) is 0 Å². The highest BCUT2D eigenvalue weighted by atomic mass is 35.5. The fourth-order valence-electron chi connectivity index (χ4n) is 4.14. The lowest BCUT2D eigenvalue weighted by Gasteiger charge is -2.15. The normalized spacial score (nSPS) is 13.3. The fraction of sp³-hybridized carbons (Fsp3) is 0.154. The molecule has 0 saturated carbocycles. The molecule has 1 aromatic carbocycles. The molecule has 0 bridgehead atoms. The number of ether oxygens (including phenoxy) is 1. The molecule has 0 spiro atoms. The van der Waals surface area contributed by atoms with Gasteiger partial charge >= 0.3 is 0 Å². The standard InChI is InChI=1S/C26H23N7O.ClH/c1-17-14-19(2-5-24(17)34-21-9-13-33-20(15-21)8-12-30-33)31-26-25-23(28-16-29-26)4-3-22(32-25)18-6-10-27-11-7-18;/h2-6,8-9,12-16,27H,7,10-11H2,1H3,(H,28,29,31);1H. The van der Waals surface area contributed by atoms with Crippen molar-refractivity contribution in [2.45, 2.75) is 13.3 Å². The minimum Gasteiger partial charge on any atom is -0.457 e. The second-order valence-corrected chi connectivity index (χ2v) is 8.24. The highest BCUT2D eigenvalue weighted by molar-refractivity contribution is 5.88. The lowest BCUT2D eigenvalue weighted by Crippen LogP contribution is -2.20. The largest absolute Gasteiger partial charge is 0.457 e. The van der Waals surface area contributed by atoms with E-state index in [2.05, 4.69) is 31.8 Å². The summed E-state index contributed by atoms with van der Waals surface area (Å²) in [6.07, 6.45) is 8.37. The third-order valence-electron chi connectivity index (χ3n) is 5.91.